The third kappa shape index (κ3) is 3.91. The molecule has 0 amide bonds. The van der Waals surface area contributed by atoms with E-state index in [1.54, 1.807) is 6.20 Å². The molecule has 6 heteroatoms. The SMILES string of the molecule is CCNc1nc(C(C)C)nc(Sc2nccc(C)n2)c1C. The quantitative estimate of drug-likeness (QED) is 0.672. The van der Waals surface area contributed by atoms with Crippen LogP contribution in [-0.4, -0.2) is 26.5 Å². The summed E-state index contributed by atoms with van der Waals surface area (Å²) in [5.74, 6) is 2.01. The molecule has 0 unspecified atom stereocenters. The molecule has 21 heavy (non-hydrogen) atoms. The molecule has 0 bridgehead atoms. The molecule has 0 aliphatic heterocycles. The molecule has 0 radical (unpaired) electrons. The number of hydrogen-bond acceptors (Lipinski definition) is 6. The third-order valence-electron chi connectivity index (χ3n) is 2.94. The van der Waals surface area contributed by atoms with Crippen LogP contribution in [0.4, 0.5) is 5.82 Å². The Morgan fingerprint density at radius 2 is 1.95 bits per heavy atom. The van der Waals surface area contributed by atoms with Crippen LogP contribution in [0.3, 0.4) is 0 Å². The van der Waals surface area contributed by atoms with Gasteiger partial charge in [0.05, 0.1) is 0 Å². The third-order valence-corrected chi connectivity index (χ3v) is 3.91. The number of nitrogens with zero attached hydrogens (tertiary/aromatic N) is 4. The number of anilines is 1. The molecular formula is C15H21N5S. The zero-order valence-electron chi connectivity index (χ0n) is 13.1. The summed E-state index contributed by atoms with van der Waals surface area (Å²) in [4.78, 5) is 18.0. The Bertz CT molecular complexity index is 627. The minimum Gasteiger partial charge on any atom is -0.370 e. The molecule has 1 N–H and O–H groups in total. The number of aryl methyl sites for hydroxylation is 1. The molecule has 2 rings (SSSR count). The van der Waals surface area contributed by atoms with Crippen LogP contribution in [0.15, 0.2) is 22.4 Å². The lowest BCUT2D eigenvalue weighted by Crippen LogP contribution is -2.08. The molecule has 0 saturated carbocycles. The fourth-order valence-electron chi connectivity index (χ4n) is 1.77. The van der Waals surface area contributed by atoms with E-state index in [9.17, 15) is 0 Å². The maximum Gasteiger partial charge on any atom is 0.194 e. The summed E-state index contributed by atoms with van der Waals surface area (Å²) in [5, 5.41) is 4.93. The van der Waals surface area contributed by atoms with E-state index < -0.39 is 0 Å². The lowest BCUT2D eigenvalue weighted by atomic mass is 10.2. The van der Waals surface area contributed by atoms with E-state index in [4.69, 9.17) is 0 Å². The molecule has 0 fully saturated rings. The van der Waals surface area contributed by atoms with Crippen LogP contribution in [0, 0.1) is 13.8 Å². The Kier molecular flexibility index (Phi) is 5.12. The van der Waals surface area contributed by atoms with Gasteiger partial charge < -0.3 is 5.32 Å². The van der Waals surface area contributed by atoms with E-state index in [0.29, 0.717) is 5.16 Å². The molecule has 5 nitrogen and oxygen atoms in total. The van der Waals surface area contributed by atoms with Crippen LogP contribution in [0.1, 0.15) is 43.8 Å². The Hall–Kier alpha value is -1.69. The molecule has 0 spiro atoms. The Morgan fingerprint density at radius 3 is 2.57 bits per heavy atom. The minimum absolute atomic E-state index is 0.279. The second kappa shape index (κ2) is 6.85. The van der Waals surface area contributed by atoms with Crippen molar-refractivity contribution < 1.29 is 0 Å². The molecule has 0 atom stereocenters. The van der Waals surface area contributed by atoms with Gasteiger partial charge in [0.25, 0.3) is 0 Å². The molecule has 112 valence electrons. The summed E-state index contributed by atoms with van der Waals surface area (Å²) >= 11 is 1.49. The first-order valence-electron chi connectivity index (χ1n) is 7.11. The monoisotopic (exact) mass is 303 g/mol. The first-order valence-corrected chi connectivity index (χ1v) is 7.92. The normalized spacial score (nSPS) is 11.0. The topological polar surface area (TPSA) is 63.6 Å². The Balaban J connectivity index is 2.41. The molecule has 2 aromatic rings. The van der Waals surface area contributed by atoms with Gasteiger partial charge >= 0.3 is 0 Å². The highest BCUT2D eigenvalue weighted by atomic mass is 32.2. The molecule has 0 aromatic carbocycles. The van der Waals surface area contributed by atoms with E-state index in [2.05, 4.69) is 46.0 Å². The van der Waals surface area contributed by atoms with Gasteiger partial charge in [0.15, 0.2) is 5.16 Å². The number of nitrogens with one attached hydrogen (secondary N) is 1. The molecule has 2 aromatic heterocycles. The fourth-order valence-corrected chi connectivity index (χ4v) is 2.64. The highest BCUT2D eigenvalue weighted by molar-refractivity contribution is 7.99. The first kappa shape index (κ1) is 15.7. The predicted octanol–water partition coefficient (Wildman–Crippen LogP) is 3.59. The van der Waals surface area contributed by atoms with Crippen LogP contribution >= 0.6 is 11.8 Å². The average molecular weight is 303 g/mol. The molecule has 0 saturated heterocycles. The van der Waals surface area contributed by atoms with Crippen molar-refractivity contribution in [3.05, 3.63) is 29.3 Å². The summed E-state index contributed by atoms with van der Waals surface area (Å²) in [5.41, 5.74) is 1.99. The Morgan fingerprint density at radius 1 is 1.19 bits per heavy atom. The van der Waals surface area contributed by atoms with Crippen molar-refractivity contribution in [2.75, 3.05) is 11.9 Å². The smallest absolute Gasteiger partial charge is 0.194 e. The number of hydrogen-bond donors (Lipinski definition) is 1. The summed E-state index contributed by atoms with van der Waals surface area (Å²) < 4.78 is 0. The maximum atomic E-state index is 4.67. The predicted molar refractivity (Wildman–Crippen MR) is 85.9 cm³/mol. The average Bonchev–Trinajstić information content (AvgIpc) is 2.43. The van der Waals surface area contributed by atoms with E-state index in [1.165, 1.54) is 11.8 Å². The fraction of sp³-hybridized carbons (Fsp3) is 0.467. The van der Waals surface area contributed by atoms with Gasteiger partial charge in [0, 0.05) is 29.9 Å². The summed E-state index contributed by atoms with van der Waals surface area (Å²) in [6.07, 6.45) is 1.77. The first-order chi connectivity index (χ1) is 10.0. The van der Waals surface area contributed by atoms with Crippen LogP contribution in [0.25, 0.3) is 0 Å². The van der Waals surface area contributed by atoms with Crippen LogP contribution in [0.5, 0.6) is 0 Å². The zero-order chi connectivity index (χ0) is 15.4. The van der Waals surface area contributed by atoms with E-state index in [1.807, 2.05) is 19.9 Å². The highest BCUT2D eigenvalue weighted by Crippen LogP contribution is 2.30. The van der Waals surface area contributed by atoms with Crippen molar-refractivity contribution in [2.45, 2.75) is 50.7 Å². The van der Waals surface area contributed by atoms with Crippen LogP contribution in [-0.2, 0) is 0 Å². The Labute approximate surface area is 130 Å². The van der Waals surface area contributed by atoms with Gasteiger partial charge in [-0.1, -0.05) is 13.8 Å². The van der Waals surface area contributed by atoms with Crippen molar-refractivity contribution in [2.24, 2.45) is 0 Å². The summed E-state index contributed by atoms with van der Waals surface area (Å²) in [6.45, 7) is 11.1. The lowest BCUT2D eigenvalue weighted by Gasteiger charge is -2.14. The van der Waals surface area contributed by atoms with Gasteiger partial charge in [-0.2, -0.15) is 0 Å². The van der Waals surface area contributed by atoms with E-state index >= 15 is 0 Å². The standard InChI is InChI=1S/C15H21N5S/c1-6-16-13-11(5)14(20-12(19-13)9(2)3)21-15-17-8-7-10(4)18-15/h7-9H,6H2,1-5H3,(H,16,19,20). The van der Waals surface area contributed by atoms with Gasteiger partial charge in [-0.05, 0) is 38.6 Å². The second-order valence-electron chi connectivity index (χ2n) is 5.13. The van der Waals surface area contributed by atoms with Crippen molar-refractivity contribution in [3.8, 4) is 0 Å². The van der Waals surface area contributed by atoms with Crippen molar-refractivity contribution in [1.82, 2.24) is 19.9 Å². The zero-order valence-corrected chi connectivity index (χ0v) is 14.0. The van der Waals surface area contributed by atoms with Gasteiger partial charge in [-0.25, -0.2) is 19.9 Å². The van der Waals surface area contributed by atoms with Crippen molar-refractivity contribution in [1.29, 1.82) is 0 Å². The number of aromatic nitrogens is 4. The van der Waals surface area contributed by atoms with Crippen LogP contribution < -0.4 is 5.32 Å². The molecular weight excluding hydrogens is 282 g/mol. The summed E-state index contributed by atoms with van der Waals surface area (Å²) in [7, 11) is 0. The van der Waals surface area contributed by atoms with Gasteiger partial charge in [-0.3, -0.25) is 0 Å². The van der Waals surface area contributed by atoms with Gasteiger partial charge in [0.2, 0.25) is 0 Å². The molecule has 2 heterocycles. The maximum absolute atomic E-state index is 4.67. The minimum atomic E-state index is 0.279. The second-order valence-corrected chi connectivity index (χ2v) is 6.08. The summed E-state index contributed by atoms with van der Waals surface area (Å²) in [6, 6.07) is 1.89. The highest BCUT2D eigenvalue weighted by Gasteiger charge is 2.14. The molecule has 0 aliphatic rings. The van der Waals surface area contributed by atoms with Crippen molar-refractivity contribution >= 4 is 17.6 Å². The van der Waals surface area contributed by atoms with Gasteiger partial charge in [-0.15, -0.1) is 0 Å². The van der Waals surface area contributed by atoms with Gasteiger partial charge in [0.1, 0.15) is 16.7 Å². The van der Waals surface area contributed by atoms with E-state index in [-0.39, 0.29) is 5.92 Å². The van der Waals surface area contributed by atoms with E-state index in [0.717, 1.165) is 34.5 Å². The number of rotatable bonds is 5. The van der Waals surface area contributed by atoms with Crippen LogP contribution in [0.2, 0.25) is 0 Å². The largest absolute Gasteiger partial charge is 0.370 e. The molecule has 0 aliphatic carbocycles. The lowest BCUT2D eigenvalue weighted by molar-refractivity contribution is 0.747. The van der Waals surface area contributed by atoms with Crippen molar-refractivity contribution in [3.63, 3.8) is 0 Å².